The molecule has 0 atom stereocenters. The zero-order chi connectivity index (χ0) is 13.0. The molecule has 0 bridgehead atoms. The van der Waals surface area contributed by atoms with Crippen LogP contribution in [0.5, 0.6) is 0 Å². The highest BCUT2D eigenvalue weighted by Gasteiger charge is 2.08. The summed E-state index contributed by atoms with van der Waals surface area (Å²) in [5.74, 6) is 0.519. The number of imidazole rings is 1. The number of benzene rings is 1. The third kappa shape index (κ3) is 2.64. The van der Waals surface area contributed by atoms with Gasteiger partial charge in [0.1, 0.15) is 17.9 Å². The summed E-state index contributed by atoms with van der Waals surface area (Å²) >= 11 is 0. The Labute approximate surface area is 105 Å². The molecule has 1 aromatic carbocycles. The maximum atomic E-state index is 13.7. The molecule has 0 saturated carbocycles. The SMILES string of the molecule is CCCn1ccnc1Cc1cc(C=O)ccc1F. The molecule has 4 heteroatoms. The minimum Gasteiger partial charge on any atom is -0.335 e. The predicted octanol–water partition coefficient (Wildman–Crippen LogP) is 2.84. The van der Waals surface area contributed by atoms with E-state index in [2.05, 4.69) is 11.9 Å². The van der Waals surface area contributed by atoms with E-state index in [4.69, 9.17) is 0 Å². The zero-order valence-corrected chi connectivity index (χ0v) is 10.3. The van der Waals surface area contributed by atoms with Crippen molar-refractivity contribution in [2.24, 2.45) is 0 Å². The highest BCUT2D eigenvalue weighted by atomic mass is 19.1. The molecule has 0 aliphatic carbocycles. The van der Waals surface area contributed by atoms with Crippen LogP contribution in [0.2, 0.25) is 0 Å². The van der Waals surface area contributed by atoms with Crippen LogP contribution in [0.25, 0.3) is 0 Å². The Morgan fingerprint density at radius 1 is 1.44 bits per heavy atom. The lowest BCUT2D eigenvalue weighted by Gasteiger charge is -2.07. The number of nitrogens with zero attached hydrogens (tertiary/aromatic N) is 2. The first-order chi connectivity index (χ1) is 8.74. The van der Waals surface area contributed by atoms with Gasteiger partial charge in [-0.3, -0.25) is 4.79 Å². The fourth-order valence-corrected chi connectivity index (χ4v) is 1.93. The fourth-order valence-electron chi connectivity index (χ4n) is 1.93. The van der Waals surface area contributed by atoms with Crippen LogP contribution in [0.4, 0.5) is 4.39 Å². The Kier molecular flexibility index (Phi) is 3.87. The quantitative estimate of drug-likeness (QED) is 0.760. The van der Waals surface area contributed by atoms with Crippen LogP contribution in [-0.4, -0.2) is 15.8 Å². The molecule has 2 aromatic rings. The summed E-state index contributed by atoms with van der Waals surface area (Å²) in [4.78, 5) is 14.9. The largest absolute Gasteiger partial charge is 0.335 e. The van der Waals surface area contributed by atoms with Gasteiger partial charge in [0.05, 0.1) is 0 Å². The Morgan fingerprint density at radius 2 is 2.28 bits per heavy atom. The smallest absolute Gasteiger partial charge is 0.150 e. The third-order valence-corrected chi connectivity index (χ3v) is 2.82. The van der Waals surface area contributed by atoms with E-state index < -0.39 is 0 Å². The van der Waals surface area contributed by atoms with E-state index in [9.17, 15) is 9.18 Å². The monoisotopic (exact) mass is 246 g/mol. The van der Waals surface area contributed by atoms with Gasteiger partial charge >= 0.3 is 0 Å². The van der Waals surface area contributed by atoms with Crippen LogP contribution >= 0.6 is 0 Å². The summed E-state index contributed by atoms with van der Waals surface area (Å²) in [5.41, 5.74) is 0.989. The van der Waals surface area contributed by atoms with Crippen LogP contribution < -0.4 is 0 Å². The van der Waals surface area contributed by atoms with E-state index in [0.29, 0.717) is 17.5 Å². The lowest BCUT2D eigenvalue weighted by molar-refractivity contribution is 0.112. The van der Waals surface area contributed by atoms with Gasteiger partial charge in [0.2, 0.25) is 0 Å². The molecule has 0 saturated heterocycles. The average Bonchev–Trinajstić information content (AvgIpc) is 2.80. The molecule has 18 heavy (non-hydrogen) atoms. The van der Waals surface area contributed by atoms with Crippen molar-refractivity contribution in [3.63, 3.8) is 0 Å². The highest BCUT2D eigenvalue weighted by molar-refractivity contribution is 5.75. The Hall–Kier alpha value is -1.97. The molecule has 0 amide bonds. The van der Waals surface area contributed by atoms with E-state index in [1.165, 1.54) is 12.1 Å². The van der Waals surface area contributed by atoms with Crippen molar-refractivity contribution in [1.82, 2.24) is 9.55 Å². The van der Waals surface area contributed by atoms with Crippen molar-refractivity contribution < 1.29 is 9.18 Å². The van der Waals surface area contributed by atoms with Crippen molar-refractivity contribution in [3.05, 3.63) is 53.4 Å². The average molecular weight is 246 g/mol. The topological polar surface area (TPSA) is 34.9 Å². The molecule has 1 heterocycles. The summed E-state index contributed by atoms with van der Waals surface area (Å²) in [6, 6.07) is 4.38. The van der Waals surface area contributed by atoms with Crippen molar-refractivity contribution in [2.45, 2.75) is 26.3 Å². The van der Waals surface area contributed by atoms with Crippen LogP contribution in [0.1, 0.15) is 35.1 Å². The zero-order valence-electron chi connectivity index (χ0n) is 10.3. The summed E-state index contributed by atoms with van der Waals surface area (Å²) in [7, 11) is 0. The molecule has 1 aromatic heterocycles. The van der Waals surface area contributed by atoms with Crippen LogP contribution in [0.3, 0.4) is 0 Å². The van der Waals surface area contributed by atoms with Crippen molar-refractivity contribution in [2.75, 3.05) is 0 Å². The molecule has 0 N–H and O–H groups in total. The van der Waals surface area contributed by atoms with Gasteiger partial charge in [-0.05, 0) is 30.2 Å². The second kappa shape index (κ2) is 5.58. The molecule has 0 aliphatic rings. The number of aldehydes is 1. The predicted molar refractivity (Wildman–Crippen MR) is 67.1 cm³/mol. The number of rotatable bonds is 5. The van der Waals surface area contributed by atoms with Gasteiger partial charge in [-0.25, -0.2) is 9.37 Å². The lowest BCUT2D eigenvalue weighted by atomic mass is 10.1. The molecule has 94 valence electrons. The fraction of sp³-hybridized carbons (Fsp3) is 0.286. The second-order valence-electron chi connectivity index (χ2n) is 4.18. The van der Waals surface area contributed by atoms with Gasteiger partial charge in [-0.15, -0.1) is 0 Å². The van der Waals surface area contributed by atoms with Gasteiger partial charge in [0, 0.05) is 30.9 Å². The molecule has 0 fully saturated rings. The molecule has 2 rings (SSSR count). The number of aryl methyl sites for hydroxylation is 1. The Morgan fingerprint density at radius 3 is 3.00 bits per heavy atom. The van der Waals surface area contributed by atoms with E-state index in [1.54, 1.807) is 12.3 Å². The van der Waals surface area contributed by atoms with Crippen molar-refractivity contribution in [1.29, 1.82) is 0 Å². The Balaban J connectivity index is 2.27. The van der Waals surface area contributed by atoms with Gasteiger partial charge in [0.15, 0.2) is 0 Å². The third-order valence-electron chi connectivity index (χ3n) is 2.82. The number of hydrogen-bond donors (Lipinski definition) is 0. The molecule has 3 nitrogen and oxygen atoms in total. The first kappa shape index (κ1) is 12.5. The number of carbonyl (C=O) groups excluding carboxylic acids is 1. The second-order valence-corrected chi connectivity index (χ2v) is 4.18. The van der Waals surface area contributed by atoms with E-state index in [1.807, 2.05) is 10.8 Å². The summed E-state index contributed by atoms with van der Waals surface area (Å²) in [6.07, 6.45) is 5.73. The lowest BCUT2D eigenvalue weighted by Crippen LogP contribution is -2.05. The van der Waals surface area contributed by atoms with E-state index >= 15 is 0 Å². The van der Waals surface area contributed by atoms with Crippen LogP contribution in [0, 0.1) is 5.82 Å². The minimum atomic E-state index is -0.299. The summed E-state index contributed by atoms with van der Waals surface area (Å²) in [5, 5.41) is 0. The molecule has 0 spiro atoms. The molecule has 0 unspecified atom stereocenters. The molecule has 0 radical (unpaired) electrons. The van der Waals surface area contributed by atoms with Gasteiger partial charge in [-0.2, -0.15) is 0 Å². The highest BCUT2D eigenvalue weighted by Crippen LogP contribution is 2.14. The van der Waals surface area contributed by atoms with Crippen LogP contribution in [0.15, 0.2) is 30.6 Å². The maximum absolute atomic E-state index is 13.7. The van der Waals surface area contributed by atoms with E-state index in [-0.39, 0.29) is 5.82 Å². The molecular weight excluding hydrogens is 231 g/mol. The van der Waals surface area contributed by atoms with Gasteiger partial charge in [0.25, 0.3) is 0 Å². The van der Waals surface area contributed by atoms with Gasteiger partial charge < -0.3 is 4.57 Å². The van der Waals surface area contributed by atoms with E-state index in [0.717, 1.165) is 25.1 Å². The van der Waals surface area contributed by atoms with Gasteiger partial charge in [-0.1, -0.05) is 6.92 Å². The number of aromatic nitrogens is 2. The molecular formula is C14H15FN2O. The standard InChI is InChI=1S/C14H15FN2O/c1-2-6-17-7-5-16-14(17)9-12-8-11(10-18)3-4-13(12)15/h3-5,7-8,10H,2,6,9H2,1H3. The number of carbonyl (C=O) groups is 1. The van der Waals surface area contributed by atoms with Crippen molar-refractivity contribution in [3.8, 4) is 0 Å². The Bertz CT molecular complexity index is 548. The van der Waals surface area contributed by atoms with Crippen LogP contribution in [-0.2, 0) is 13.0 Å². The molecule has 0 aliphatic heterocycles. The minimum absolute atomic E-state index is 0.299. The summed E-state index contributed by atoms with van der Waals surface area (Å²) < 4.78 is 15.7. The normalized spacial score (nSPS) is 10.6. The maximum Gasteiger partial charge on any atom is 0.150 e. The number of hydrogen-bond acceptors (Lipinski definition) is 2. The number of halogens is 1. The first-order valence-corrected chi connectivity index (χ1v) is 5.98. The van der Waals surface area contributed by atoms with Crippen molar-refractivity contribution >= 4 is 6.29 Å². The first-order valence-electron chi connectivity index (χ1n) is 5.98. The summed E-state index contributed by atoms with van der Waals surface area (Å²) in [6.45, 7) is 2.95.